The van der Waals surface area contributed by atoms with Crippen LogP contribution in [0, 0.1) is 5.92 Å². The van der Waals surface area contributed by atoms with E-state index < -0.39 is 0 Å². The molecule has 1 aliphatic heterocycles. The highest BCUT2D eigenvalue weighted by Crippen LogP contribution is 2.23. The molecule has 0 radical (unpaired) electrons. The molecule has 0 saturated carbocycles. The van der Waals surface area contributed by atoms with Crippen molar-refractivity contribution in [1.29, 1.82) is 0 Å². The molecule has 0 aliphatic carbocycles. The van der Waals surface area contributed by atoms with Gasteiger partial charge in [-0.25, -0.2) is 0 Å². The van der Waals surface area contributed by atoms with E-state index in [1.54, 1.807) is 0 Å². The van der Waals surface area contributed by atoms with Crippen molar-refractivity contribution in [2.45, 2.75) is 32.4 Å². The average Bonchev–Trinajstić information content (AvgIpc) is 2.62. The normalized spacial score (nSPS) is 24.5. The maximum atomic E-state index is 3.51. The van der Waals surface area contributed by atoms with Gasteiger partial charge in [-0.3, -0.25) is 4.90 Å². The number of hydrogen-bond donors (Lipinski definition) is 1. The van der Waals surface area contributed by atoms with Gasteiger partial charge in [0.15, 0.2) is 0 Å². The monoisotopic (exact) mass is 289 g/mol. The Morgan fingerprint density at radius 1 is 1.24 bits per heavy atom. The van der Waals surface area contributed by atoms with Gasteiger partial charge < -0.3 is 10.2 Å². The summed E-state index contributed by atoms with van der Waals surface area (Å²) in [5.74, 6) is 0.600. The average molecular weight is 289 g/mol. The SMILES string of the molecule is CNC(c1ccccc1)C(C)CN1CCCN(C)CC1C. The first-order valence-corrected chi connectivity index (χ1v) is 8.26. The fraction of sp³-hybridized carbons (Fsp3) is 0.667. The highest BCUT2D eigenvalue weighted by molar-refractivity contribution is 5.19. The number of benzene rings is 1. The molecule has 1 N–H and O–H groups in total. The highest BCUT2D eigenvalue weighted by atomic mass is 15.2. The van der Waals surface area contributed by atoms with E-state index >= 15 is 0 Å². The maximum Gasteiger partial charge on any atom is 0.0355 e. The Morgan fingerprint density at radius 3 is 2.62 bits per heavy atom. The van der Waals surface area contributed by atoms with Crippen LogP contribution in [0.2, 0.25) is 0 Å². The molecule has 3 nitrogen and oxygen atoms in total. The Bertz CT molecular complexity index is 406. The zero-order chi connectivity index (χ0) is 15.2. The van der Waals surface area contributed by atoms with Crippen LogP contribution in [0.15, 0.2) is 30.3 Å². The van der Waals surface area contributed by atoms with E-state index in [0.717, 1.165) is 6.54 Å². The van der Waals surface area contributed by atoms with Gasteiger partial charge in [0.2, 0.25) is 0 Å². The molecular formula is C18H31N3. The van der Waals surface area contributed by atoms with Crippen molar-refractivity contribution < 1.29 is 0 Å². The molecule has 3 heteroatoms. The Balaban J connectivity index is 2.00. The molecule has 1 aliphatic rings. The third kappa shape index (κ3) is 4.53. The van der Waals surface area contributed by atoms with E-state index in [0.29, 0.717) is 18.0 Å². The molecule has 1 saturated heterocycles. The van der Waals surface area contributed by atoms with Crippen LogP contribution in [-0.2, 0) is 0 Å². The third-order valence-electron chi connectivity index (χ3n) is 4.75. The molecule has 0 aromatic heterocycles. The van der Waals surface area contributed by atoms with E-state index in [-0.39, 0.29) is 0 Å². The quantitative estimate of drug-likeness (QED) is 0.899. The predicted octanol–water partition coefficient (Wildman–Crippen LogP) is 2.61. The maximum absolute atomic E-state index is 3.51. The minimum atomic E-state index is 0.430. The van der Waals surface area contributed by atoms with Crippen LogP contribution >= 0.6 is 0 Å². The lowest BCUT2D eigenvalue weighted by Gasteiger charge is -2.33. The third-order valence-corrected chi connectivity index (χ3v) is 4.75. The van der Waals surface area contributed by atoms with Crippen molar-refractivity contribution in [2.75, 3.05) is 40.3 Å². The zero-order valence-electron chi connectivity index (χ0n) is 14.0. The molecule has 0 amide bonds. The first kappa shape index (κ1) is 16.5. The van der Waals surface area contributed by atoms with Gasteiger partial charge in [-0.2, -0.15) is 0 Å². The lowest BCUT2D eigenvalue weighted by molar-refractivity contribution is 0.164. The molecule has 1 aromatic rings. The van der Waals surface area contributed by atoms with Crippen molar-refractivity contribution in [2.24, 2.45) is 5.92 Å². The lowest BCUT2D eigenvalue weighted by Crippen LogP contribution is -2.42. The molecular weight excluding hydrogens is 258 g/mol. The number of likely N-dealkylation sites (N-methyl/N-ethyl adjacent to an activating group) is 1. The fourth-order valence-corrected chi connectivity index (χ4v) is 3.61. The second-order valence-corrected chi connectivity index (χ2v) is 6.61. The van der Waals surface area contributed by atoms with Gasteiger partial charge >= 0.3 is 0 Å². The van der Waals surface area contributed by atoms with Crippen molar-refractivity contribution in [1.82, 2.24) is 15.1 Å². The summed E-state index contributed by atoms with van der Waals surface area (Å²) in [7, 11) is 4.32. The molecule has 0 bridgehead atoms. The Labute approximate surface area is 130 Å². The van der Waals surface area contributed by atoms with Crippen LogP contribution in [-0.4, -0.2) is 56.1 Å². The topological polar surface area (TPSA) is 18.5 Å². The fourth-order valence-electron chi connectivity index (χ4n) is 3.61. The summed E-state index contributed by atoms with van der Waals surface area (Å²) >= 11 is 0. The smallest absolute Gasteiger partial charge is 0.0355 e. The molecule has 1 fully saturated rings. The van der Waals surface area contributed by atoms with Gasteiger partial charge in [-0.05, 0) is 52.0 Å². The van der Waals surface area contributed by atoms with Gasteiger partial charge in [0, 0.05) is 25.2 Å². The van der Waals surface area contributed by atoms with Crippen LogP contribution in [0.25, 0.3) is 0 Å². The summed E-state index contributed by atoms with van der Waals surface area (Å²) in [6.07, 6.45) is 1.28. The molecule has 21 heavy (non-hydrogen) atoms. The second kappa shape index (κ2) is 7.92. The summed E-state index contributed by atoms with van der Waals surface area (Å²) in [6, 6.07) is 11.9. The first-order valence-electron chi connectivity index (χ1n) is 8.26. The number of rotatable bonds is 5. The van der Waals surface area contributed by atoms with Crippen LogP contribution in [0.4, 0.5) is 0 Å². The van der Waals surface area contributed by atoms with Crippen LogP contribution in [0.3, 0.4) is 0 Å². The van der Waals surface area contributed by atoms with E-state index in [1.165, 1.54) is 31.6 Å². The Kier molecular flexibility index (Phi) is 6.22. The summed E-state index contributed by atoms with van der Waals surface area (Å²) < 4.78 is 0. The molecule has 118 valence electrons. The molecule has 0 spiro atoms. The van der Waals surface area contributed by atoms with Crippen molar-refractivity contribution >= 4 is 0 Å². The second-order valence-electron chi connectivity index (χ2n) is 6.61. The molecule has 1 aromatic carbocycles. The van der Waals surface area contributed by atoms with Crippen LogP contribution in [0.1, 0.15) is 31.9 Å². The zero-order valence-corrected chi connectivity index (χ0v) is 14.0. The lowest BCUT2D eigenvalue weighted by atomic mass is 9.93. The summed E-state index contributed by atoms with van der Waals surface area (Å²) in [6.45, 7) is 9.53. The van der Waals surface area contributed by atoms with Crippen molar-refractivity contribution in [3.8, 4) is 0 Å². The molecule has 1 heterocycles. The van der Waals surface area contributed by atoms with Crippen molar-refractivity contribution in [3.05, 3.63) is 35.9 Å². The van der Waals surface area contributed by atoms with Gasteiger partial charge in [0.1, 0.15) is 0 Å². The summed E-state index contributed by atoms with van der Waals surface area (Å²) in [5, 5.41) is 3.51. The van der Waals surface area contributed by atoms with E-state index in [1.807, 2.05) is 0 Å². The molecule has 3 unspecified atom stereocenters. The Hall–Kier alpha value is -0.900. The van der Waals surface area contributed by atoms with Gasteiger partial charge in [-0.1, -0.05) is 37.3 Å². The van der Waals surface area contributed by atoms with E-state index in [9.17, 15) is 0 Å². The van der Waals surface area contributed by atoms with Crippen LogP contribution < -0.4 is 5.32 Å². The summed E-state index contributed by atoms with van der Waals surface area (Å²) in [4.78, 5) is 5.13. The van der Waals surface area contributed by atoms with Crippen LogP contribution in [0.5, 0.6) is 0 Å². The van der Waals surface area contributed by atoms with Gasteiger partial charge in [-0.15, -0.1) is 0 Å². The highest BCUT2D eigenvalue weighted by Gasteiger charge is 2.24. The Morgan fingerprint density at radius 2 is 1.95 bits per heavy atom. The minimum Gasteiger partial charge on any atom is -0.313 e. The van der Waals surface area contributed by atoms with Gasteiger partial charge in [0.05, 0.1) is 0 Å². The molecule has 3 atom stereocenters. The van der Waals surface area contributed by atoms with Gasteiger partial charge in [0.25, 0.3) is 0 Å². The number of nitrogens with one attached hydrogen (secondary N) is 1. The molecule has 2 rings (SSSR count). The summed E-state index contributed by atoms with van der Waals surface area (Å²) in [5.41, 5.74) is 1.40. The standard InChI is InChI=1S/C18H31N3/c1-15(18(19-3)17-9-6-5-7-10-17)13-21-12-8-11-20(4)14-16(21)2/h5-7,9-10,15-16,18-19H,8,11-14H2,1-4H3. The largest absolute Gasteiger partial charge is 0.313 e. The van der Waals surface area contributed by atoms with E-state index in [4.69, 9.17) is 0 Å². The number of nitrogens with zero attached hydrogens (tertiary/aromatic N) is 2. The van der Waals surface area contributed by atoms with Crippen molar-refractivity contribution in [3.63, 3.8) is 0 Å². The first-order chi connectivity index (χ1) is 10.1. The number of hydrogen-bond acceptors (Lipinski definition) is 3. The van der Waals surface area contributed by atoms with E-state index in [2.05, 4.69) is 73.4 Å². The minimum absolute atomic E-state index is 0.430. The predicted molar refractivity (Wildman–Crippen MR) is 90.6 cm³/mol.